The van der Waals surface area contributed by atoms with Crippen LogP contribution in [0.25, 0.3) is 0 Å². The molecule has 0 radical (unpaired) electrons. The Labute approximate surface area is 709 Å². The molecule has 0 aromatic heterocycles. The van der Waals surface area contributed by atoms with E-state index in [4.69, 9.17) is 11.5 Å². The van der Waals surface area contributed by atoms with Crippen LogP contribution >= 0.6 is 0 Å². The summed E-state index contributed by atoms with van der Waals surface area (Å²) in [4.78, 5) is 271. The van der Waals surface area contributed by atoms with Gasteiger partial charge in [0.15, 0.2) is 0 Å². The molecule has 121 heavy (non-hydrogen) atoms. The Bertz CT molecular complexity index is 3790. The van der Waals surface area contributed by atoms with Crippen molar-refractivity contribution in [2.45, 2.75) is 337 Å². The van der Waals surface area contributed by atoms with Crippen LogP contribution in [-0.4, -0.2) is 247 Å². The van der Waals surface area contributed by atoms with E-state index in [0.29, 0.717) is 12.8 Å². The molecule has 1 saturated heterocycles. The quantitative estimate of drug-likeness (QED) is 0.0281. The van der Waals surface area contributed by atoms with Crippen LogP contribution in [0.3, 0.4) is 0 Å². The van der Waals surface area contributed by atoms with Crippen molar-refractivity contribution in [3.05, 3.63) is 0 Å². The summed E-state index contributed by atoms with van der Waals surface area (Å²) in [5, 5.41) is 53.4. The molecule has 1 fully saturated rings. The molecular formula is C80H140N20O21. The third kappa shape index (κ3) is 35.5. The number of hydrogen-bond acceptors (Lipinski definition) is 21. The minimum absolute atomic E-state index is 0.0131. The Balaban J connectivity index is 3.21. The number of carbonyl (C=O) groups excluding carboxylic acids is 20. The van der Waals surface area contributed by atoms with E-state index in [0.717, 1.165) is 0 Å². The van der Waals surface area contributed by atoms with Gasteiger partial charge in [-0.25, -0.2) is 0 Å². The summed E-state index contributed by atoms with van der Waals surface area (Å²) < 4.78 is 0. The number of amides is 20. The Morgan fingerprint density at radius 1 is 0.397 bits per heavy atom. The zero-order chi connectivity index (χ0) is 94.0. The first kappa shape index (κ1) is 108. The van der Waals surface area contributed by atoms with Crippen LogP contribution in [-0.2, 0) is 95.9 Å². The Hall–Kier alpha value is -10.6. The van der Waals surface area contributed by atoms with Crippen molar-refractivity contribution in [1.29, 1.82) is 0 Å². The molecule has 20 amide bonds. The molecule has 22 N–H and O–H groups in total. The molecule has 0 aromatic carbocycles. The molecule has 1 aliphatic rings. The SMILES string of the molecule is CC[C@@](C)(NC(=O)C(C)(C)NC(=O)[C@H](CC(C)C)NC(=O)[C@@H]1CCCN1C(=O)C(C)(C)NC(=O)[C@H](CC(C)C)NC(=O)CNC(=O)C(C)(C)NC(=O)[C@@H](NC(=O)C(C)(C)NC(=O)[C@H](CCC(N)=O)NC(=O)C(C)(C)NC(=O)C(C)(C)NC(=O)[C@H](C)NC(=O)CNC(=O)C(C)(C)NC(C)=O)C(C)C)C(=O)N[C@@H](CCC(N)=O)C(=O)N[C@H](CO)CC(C)C. The fraction of sp³-hybridized carbons (Fsp3) is 0.750. The number of rotatable bonds is 49. The van der Waals surface area contributed by atoms with Gasteiger partial charge >= 0.3 is 0 Å². The van der Waals surface area contributed by atoms with Crippen molar-refractivity contribution in [2.24, 2.45) is 35.1 Å². The maximum Gasteiger partial charge on any atom is 0.248 e. The number of aliphatic hydroxyl groups excluding tert-OH is 1. The Morgan fingerprint density at radius 2 is 0.777 bits per heavy atom. The van der Waals surface area contributed by atoms with E-state index in [-0.39, 0.29) is 62.8 Å². The smallest absolute Gasteiger partial charge is 0.248 e. The highest BCUT2D eigenvalue weighted by Crippen LogP contribution is 2.25. The number of nitrogens with one attached hydrogen (secondary N) is 17. The molecular weight excluding hydrogens is 1580 g/mol. The van der Waals surface area contributed by atoms with E-state index < -0.39 is 249 Å². The van der Waals surface area contributed by atoms with Crippen LogP contribution in [0.2, 0.25) is 0 Å². The van der Waals surface area contributed by atoms with Crippen LogP contribution < -0.4 is 102 Å². The van der Waals surface area contributed by atoms with E-state index >= 15 is 0 Å². The number of carbonyl (C=O) groups is 20. The van der Waals surface area contributed by atoms with Crippen LogP contribution in [0.1, 0.15) is 244 Å². The first-order valence-electron chi connectivity index (χ1n) is 40.9. The number of primary amides is 2. The third-order valence-electron chi connectivity index (χ3n) is 19.9. The number of nitrogens with zero attached hydrogens (tertiary/aromatic N) is 1. The van der Waals surface area contributed by atoms with Crippen molar-refractivity contribution < 1.29 is 101 Å². The van der Waals surface area contributed by atoms with Gasteiger partial charge in [-0.3, -0.25) is 95.9 Å². The monoisotopic (exact) mass is 1720 g/mol. The lowest BCUT2D eigenvalue weighted by atomic mass is 9.93. The lowest BCUT2D eigenvalue weighted by Gasteiger charge is -2.36. The van der Waals surface area contributed by atoms with Crippen molar-refractivity contribution in [1.82, 2.24) is 95.3 Å². The van der Waals surface area contributed by atoms with E-state index in [9.17, 15) is 101 Å². The molecule has 0 saturated carbocycles. The molecule has 9 atom stereocenters. The largest absolute Gasteiger partial charge is 0.394 e. The summed E-state index contributed by atoms with van der Waals surface area (Å²) >= 11 is 0. The molecule has 686 valence electrons. The van der Waals surface area contributed by atoms with Gasteiger partial charge in [-0.15, -0.1) is 0 Å². The summed E-state index contributed by atoms with van der Waals surface area (Å²) in [5.74, 6) is -17.2. The lowest BCUT2D eigenvalue weighted by molar-refractivity contribution is -0.145. The molecule has 0 unspecified atom stereocenters. The van der Waals surface area contributed by atoms with Gasteiger partial charge in [0.25, 0.3) is 0 Å². The predicted molar refractivity (Wildman–Crippen MR) is 445 cm³/mol. The summed E-state index contributed by atoms with van der Waals surface area (Å²) in [6.07, 6.45) is -0.333. The zero-order valence-electron chi connectivity index (χ0n) is 75.5. The van der Waals surface area contributed by atoms with Gasteiger partial charge in [-0.05, 0) is 186 Å². The standard InChI is InChI=1S/C80H140N20O21/c1-27-80(26,71(120)90-48(30-32-53(81)103)59(108)86-47(40-101)35-41(2)3)99-70(119)78(22,23)95-62(111)51(37-43(6)7)88-63(112)52-29-28-34-100(52)72(121)79(24,25)96-61(110)50(36-42(4)5)87-56(106)39-84-66(115)74(14,15)97-64(113)57(44(8)9)91-68(117)75(16,17)94-60(109)49(31-33-54(82)104)89-67(116)76(18,19)98-69(118)77(20,21)93-58(107)45(10)85-55(105)38-83-65(114)73(12,13)92-46(11)102/h41-45,47-52,57,101H,27-40H2,1-26H3,(H2,81,103)(H2,82,104)(H,83,114)(H,84,115)(H,85,105)(H,86,108)(H,87,106)(H,88,112)(H,89,116)(H,90,120)(H,91,117)(H,92,102)(H,93,107)(H,94,109)(H,95,111)(H,96,110)(H,97,113)(H,98,118)(H,99,119)/t45-,47-,48-,49-,50-,51-,52-,57-,80+/m0/s1. The van der Waals surface area contributed by atoms with E-state index in [1.54, 1.807) is 48.5 Å². The maximum atomic E-state index is 14.6. The minimum Gasteiger partial charge on any atom is -0.394 e. The van der Waals surface area contributed by atoms with Crippen molar-refractivity contribution in [3.63, 3.8) is 0 Å². The molecule has 41 nitrogen and oxygen atoms in total. The Kier molecular flexibility index (Phi) is 41.1. The number of hydrogen-bond donors (Lipinski definition) is 20. The number of likely N-dealkylation sites (tertiary alicyclic amines) is 1. The topological polar surface area (TPSA) is 621 Å². The summed E-state index contributed by atoms with van der Waals surface area (Å²) in [5.41, 5.74) is -3.03. The molecule has 0 aromatic rings. The number of nitrogens with two attached hydrogens (primary N) is 2. The first-order chi connectivity index (χ1) is 55.1. The molecule has 0 bridgehead atoms. The van der Waals surface area contributed by atoms with Crippen LogP contribution in [0.15, 0.2) is 0 Å². The van der Waals surface area contributed by atoms with Crippen molar-refractivity contribution >= 4 is 118 Å². The van der Waals surface area contributed by atoms with Gasteiger partial charge in [0.2, 0.25) is 118 Å². The van der Waals surface area contributed by atoms with Crippen LogP contribution in [0, 0.1) is 23.7 Å². The zero-order valence-corrected chi connectivity index (χ0v) is 75.5. The summed E-state index contributed by atoms with van der Waals surface area (Å²) in [6.45, 7) is 36.6. The second-order valence-electron chi connectivity index (χ2n) is 36.6. The predicted octanol–water partition coefficient (Wildman–Crippen LogP) is -3.49. The second-order valence-corrected chi connectivity index (χ2v) is 36.6. The van der Waals surface area contributed by atoms with Crippen molar-refractivity contribution in [3.8, 4) is 0 Å². The van der Waals surface area contributed by atoms with Crippen LogP contribution in [0.4, 0.5) is 0 Å². The van der Waals surface area contributed by atoms with Gasteiger partial charge in [0.05, 0.1) is 25.7 Å². The molecule has 1 heterocycles. The summed E-state index contributed by atoms with van der Waals surface area (Å²) in [7, 11) is 0. The van der Waals surface area contributed by atoms with Crippen LogP contribution in [0.5, 0.6) is 0 Å². The highest BCUT2D eigenvalue weighted by Gasteiger charge is 2.47. The second kappa shape index (κ2) is 45.8. The molecule has 41 heteroatoms. The average Bonchev–Trinajstić information content (AvgIpc) is 1.79. The van der Waals surface area contributed by atoms with Gasteiger partial charge in [0, 0.05) is 26.3 Å². The maximum absolute atomic E-state index is 14.6. The molecule has 0 spiro atoms. The van der Waals surface area contributed by atoms with Gasteiger partial charge in [-0.1, -0.05) is 62.3 Å². The first-order valence-corrected chi connectivity index (χ1v) is 40.9. The van der Waals surface area contributed by atoms with Crippen molar-refractivity contribution in [2.75, 3.05) is 26.2 Å². The highest BCUT2D eigenvalue weighted by atomic mass is 16.3. The Morgan fingerprint density at radius 3 is 1.22 bits per heavy atom. The fourth-order valence-electron chi connectivity index (χ4n) is 12.3. The van der Waals surface area contributed by atoms with E-state index in [1.807, 2.05) is 13.8 Å². The fourth-order valence-corrected chi connectivity index (χ4v) is 12.3. The van der Waals surface area contributed by atoms with Gasteiger partial charge < -0.3 is 112 Å². The highest BCUT2D eigenvalue weighted by molar-refractivity contribution is 6.04. The minimum atomic E-state index is -1.89. The third-order valence-corrected chi connectivity index (χ3v) is 19.9. The molecule has 1 aliphatic heterocycles. The number of aliphatic hydroxyl groups is 1. The molecule has 0 aliphatic carbocycles. The van der Waals surface area contributed by atoms with Gasteiger partial charge in [0.1, 0.15) is 86.6 Å². The normalized spacial score (nSPS) is 15.6. The summed E-state index contributed by atoms with van der Waals surface area (Å²) in [6, 6.07) is -9.89. The average molecular weight is 1720 g/mol. The van der Waals surface area contributed by atoms with E-state index in [2.05, 4.69) is 90.4 Å². The lowest BCUT2D eigenvalue weighted by Crippen LogP contribution is -2.66. The van der Waals surface area contributed by atoms with E-state index in [1.165, 1.54) is 123 Å². The van der Waals surface area contributed by atoms with Gasteiger partial charge in [-0.2, -0.15) is 0 Å². The molecule has 1 rings (SSSR count).